The minimum Gasteiger partial charge on any atom is -0.370 e. The Morgan fingerprint density at radius 1 is 1.17 bits per heavy atom. The molecule has 2 heterocycles. The summed E-state index contributed by atoms with van der Waals surface area (Å²) < 4.78 is 34.1. The van der Waals surface area contributed by atoms with Crippen LogP contribution in [0.2, 0.25) is 0 Å². The average Bonchev–Trinajstić information content (AvgIpc) is 3.25. The van der Waals surface area contributed by atoms with Crippen LogP contribution in [0.25, 0.3) is 0 Å². The molecular formula is C21H20F2N4O2. The molecule has 1 N–H and O–H groups in total. The number of halogens is 2. The van der Waals surface area contributed by atoms with Crippen molar-refractivity contribution in [3.63, 3.8) is 0 Å². The van der Waals surface area contributed by atoms with Gasteiger partial charge in [-0.25, -0.2) is 13.6 Å². The van der Waals surface area contributed by atoms with Gasteiger partial charge in [-0.3, -0.25) is 4.68 Å². The Bertz CT molecular complexity index is 977. The molecule has 1 unspecified atom stereocenters. The smallest absolute Gasteiger partial charge is 0.322 e. The van der Waals surface area contributed by atoms with Crippen molar-refractivity contribution in [2.24, 2.45) is 0 Å². The van der Waals surface area contributed by atoms with Crippen LogP contribution in [0.3, 0.4) is 0 Å². The van der Waals surface area contributed by atoms with E-state index < -0.39 is 17.7 Å². The molecule has 1 fully saturated rings. The first-order valence-electron chi connectivity index (χ1n) is 9.27. The third kappa shape index (κ3) is 4.60. The zero-order valence-electron chi connectivity index (χ0n) is 15.6. The van der Waals surface area contributed by atoms with Gasteiger partial charge in [0.25, 0.3) is 0 Å². The quantitative estimate of drug-likeness (QED) is 0.727. The van der Waals surface area contributed by atoms with E-state index in [0.717, 1.165) is 17.7 Å². The normalized spacial score (nSPS) is 16.6. The molecule has 1 saturated heterocycles. The van der Waals surface area contributed by atoms with Gasteiger partial charge in [-0.05, 0) is 41.5 Å². The minimum absolute atomic E-state index is 0.258. The molecule has 1 atom stereocenters. The van der Waals surface area contributed by atoms with Crippen LogP contribution in [-0.4, -0.2) is 40.4 Å². The summed E-state index contributed by atoms with van der Waals surface area (Å²) in [5.74, 6) is -1.84. The second-order valence-electron chi connectivity index (χ2n) is 6.81. The number of anilines is 1. The maximum atomic E-state index is 13.5. The highest BCUT2D eigenvalue weighted by molar-refractivity contribution is 5.89. The van der Waals surface area contributed by atoms with Crippen molar-refractivity contribution in [1.29, 1.82) is 0 Å². The minimum atomic E-state index is -0.928. The summed E-state index contributed by atoms with van der Waals surface area (Å²) in [6, 6.07) is 12.8. The van der Waals surface area contributed by atoms with Gasteiger partial charge in [0.15, 0.2) is 11.6 Å². The van der Waals surface area contributed by atoms with E-state index in [4.69, 9.17) is 4.74 Å². The number of rotatable bonds is 4. The van der Waals surface area contributed by atoms with Gasteiger partial charge in [0.05, 0.1) is 19.7 Å². The Hall–Kier alpha value is -3.26. The van der Waals surface area contributed by atoms with Crippen molar-refractivity contribution >= 4 is 11.7 Å². The fraction of sp³-hybridized carbons (Fsp3) is 0.238. The highest BCUT2D eigenvalue weighted by Gasteiger charge is 2.26. The van der Waals surface area contributed by atoms with Gasteiger partial charge in [-0.2, -0.15) is 5.10 Å². The van der Waals surface area contributed by atoms with Crippen LogP contribution < -0.4 is 5.32 Å². The molecule has 29 heavy (non-hydrogen) atoms. The number of hydrogen-bond donors (Lipinski definition) is 1. The topological polar surface area (TPSA) is 59.4 Å². The summed E-state index contributed by atoms with van der Waals surface area (Å²) in [6.07, 6.45) is 3.11. The molecule has 0 radical (unpaired) electrons. The molecule has 3 aromatic rings. The van der Waals surface area contributed by atoms with Crippen LogP contribution in [0.5, 0.6) is 0 Å². The molecular weight excluding hydrogens is 378 g/mol. The number of nitrogens with one attached hydrogen (secondary N) is 1. The number of amides is 2. The van der Waals surface area contributed by atoms with Gasteiger partial charge in [-0.15, -0.1) is 0 Å². The van der Waals surface area contributed by atoms with E-state index in [-0.39, 0.29) is 12.6 Å². The second kappa shape index (κ2) is 8.40. The Morgan fingerprint density at radius 2 is 2.00 bits per heavy atom. The summed E-state index contributed by atoms with van der Waals surface area (Å²) in [5, 5.41) is 7.04. The third-order valence-corrected chi connectivity index (χ3v) is 4.78. The van der Waals surface area contributed by atoms with Gasteiger partial charge in [0, 0.05) is 24.6 Å². The standard InChI is InChI=1S/C21H20F2N4O2/c22-18-7-4-16(12-19(18)23)20-14-26(10-11-29-20)21(28)25-17-5-2-15(3-6-17)13-27-9-1-8-24-27/h1-9,12,20H,10-11,13-14H2,(H,25,28). The van der Waals surface area contributed by atoms with Gasteiger partial charge >= 0.3 is 6.03 Å². The van der Waals surface area contributed by atoms with Crippen LogP contribution >= 0.6 is 0 Å². The lowest BCUT2D eigenvalue weighted by Crippen LogP contribution is -2.44. The van der Waals surface area contributed by atoms with E-state index in [2.05, 4.69) is 10.4 Å². The number of carbonyl (C=O) groups excluding carboxylic acids is 1. The number of aromatic nitrogens is 2. The Kier molecular flexibility index (Phi) is 5.53. The number of ether oxygens (including phenoxy) is 1. The lowest BCUT2D eigenvalue weighted by atomic mass is 10.1. The third-order valence-electron chi connectivity index (χ3n) is 4.78. The average molecular weight is 398 g/mol. The fourth-order valence-electron chi connectivity index (χ4n) is 3.23. The van der Waals surface area contributed by atoms with Crippen molar-refractivity contribution < 1.29 is 18.3 Å². The zero-order valence-corrected chi connectivity index (χ0v) is 15.6. The largest absolute Gasteiger partial charge is 0.370 e. The fourth-order valence-corrected chi connectivity index (χ4v) is 3.23. The predicted molar refractivity (Wildman–Crippen MR) is 103 cm³/mol. The molecule has 2 aromatic carbocycles. The van der Waals surface area contributed by atoms with Crippen molar-refractivity contribution in [2.75, 3.05) is 25.0 Å². The van der Waals surface area contributed by atoms with E-state index in [1.54, 1.807) is 11.1 Å². The maximum Gasteiger partial charge on any atom is 0.322 e. The predicted octanol–water partition coefficient (Wildman–Crippen LogP) is 3.82. The SMILES string of the molecule is O=C(Nc1ccc(Cn2cccn2)cc1)N1CCOC(c2ccc(F)c(F)c2)C1. The van der Waals surface area contributed by atoms with Crippen molar-refractivity contribution in [3.8, 4) is 0 Å². The molecule has 2 amide bonds. The second-order valence-corrected chi connectivity index (χ2v) is 6.81. The molecule has 1 aliphatic heterocycles. The summed E-state index contributed by atoms with van der Waals surface area (Å²) in [4.78, 5) is 14.2. The Balaban J connectivity index is 1.37. The summed E-state index contributed by atoms with van der Waals surface area (Å²) in [6.45, 7) is 1.65. The highest BCUT2D eigenvalue weighted by Crippen LogP contribution is 2.24. The van der Waals surface area contributed by atoms with Gasteiger partial charge in [0.1, 0.15) is 6.10 Å². The first kappa shape index (κ1) is 19.1. The summed E-state index contributed by atoms with van der Waals surface area (Å²) in [7, 11) is 0. The Labute approximate surface area is 166 Å². The van der Waals surface area contributed by atoms with Gasteiger partial charge < -0.3 is 15.0 Å². The number of urea groups is 1. The zero-order chi connectivity index (χ0) is 20.2. The van der Waals surface area contributed by atoms with E-state index in [1.807, 2.05) is 41.2 Å². The molecule has 1 aliphatic rings. The van der Waals surface area contributed by atoms with Crippen LogP contribution in [-0.2, 0) is 11.3 Å². The van der Waals surface area contributed by atoms with Crippen molar-refractivity contribution in [2.45, 2.75) is 12.6 Å². The lowest BCUT2D eigenvalue weighted by Gasteiger charge is -2.33. The summed E-state index contributed by atoms with van der Waals surface area (Å²) >= 11 is 0. The Morgan fingerprint density at radius 3 is 2.72 bits per heavy atom. The first-order valence-corrected chi connectivity index (χ1v) is 9.27. The van der Waals surface area contributed by atoms with E-state index in [9.17, 15) is 13.6 Å². The van der Waals surface area contributed by atoms with Gasteiger partial charge in [0.2, 0.25) is 0 Å². The molecule has 150 valence electrons. The van der Waals surface area contributed by atoms with Crippen LogP contribution in [0.1, 0.15) is 17.2 Å². The van der Waals surface area contributed by atoms with E-state index in [0.29, 0.717) is 30.9 Å². The lowest BCUT2D eigenvalue weighted by molar-refractivity contribution is -0.0136. The van der Waals surface area contributed by atoms with E-state index >= 15 is 0 Å². The molecule has 8 heteroatoms. The molecule has 6 nitrogen and oxygen atoms in total. The monoisotopic (exact) mass is 398 g/mol. The van der Waals surface area contributed by atoms with Crippen molar-refractivity contribution in [1.82, 2.24) is 14.7 Å². The van der Waals surface area contributed by atoms with Gasteiger partial charge in [-0.1, -0.05) is 18.2 Å². The number of morpholine rings is 1. The molecule has 0 bridgehead atoms. The van der Waals surface area contributed by atoms with E-state index in [1.165, 1.54) is 6.07 Å². The number of benzene rings is 2. The first-order chi connectivity index (χ1) is 14.1. The maximum absolute atomic E-state index is 13.5. The van der Waals surface area contributed by atoms with Crippen LogP contribution in [0, 0.1) is 11.6 Å². The molecule has 0 saturated carbocycles. The highest BCUT2D eigenvalue weighted by atomic mass is 19.2. The molecule has 1 aromatic heterocycles. The summed E-state index contributed by atoms with van der Waals surface area (Å²) in [5.41, 5.74) is 2.25. The number of carbonyl (C=O) groups is 1. The van der Waals surface area contributed by atoms with Crippen LogP contribution in [0.15, 0.2) is 60.9 Å². The molecule has 0 spiro atoms. The molecule has 4 rings (SSSR count). The molecule has 0 aliphatic carbocycles. The number of hydrogen-bond acceptors (Lipinski definition) is 3. The van der Waals surface area contributed by atoms with Crippen molar-refractivity contribution in [3.05, 3.63) is 83.7 Å². The number of nitrogens with zero attached hydrogens (tertiary/aromatic N) is 3. The van der Waals surface area contributed by atoms with Crippen LogP contribution in [0.4, 0.5) is 19.3 Å².